The molecule has 0 spiro atoms. The first-order valence-electron chi connectivity index (χ1n) is 5.16. The van der Waals surface area contributed by atoms with Gasteiger partial charge < -0.3 is 5.32 Å². The maximum absolute atomic E-state index is 6.23. The van der Waals surface area contributed by atoms with Crippen molar-refractivity contribution in [3.63, 3.8) is 0 Å². The standard InChI is InChI=1S/C12H12Cl2N2S/c1-7-6-17-12(16-7)11(15-2)8-4-3-5-9(13)10(8)14/h3-6,11,15H,1-2H3. The van der Waals surface area contributed by atoms with Gasteiger partial charge in [0.05, 0.1) is 16.1 Å². The monoisotopic (exact) mass is 286 g/mol. The summed E-state index contributed by atoms with van der Waals surface area (Å²) in [5, 5.41) is 7.39. The predicted octanol–water partition coefficient (Wildman–Crippen LogP) is 4.07. The number of aromatic nitrogens is 1. The Morgan fingerprint density at radius 1 is 1.35 bits per heavy atom. The zero-order chi connectivity index (χ0) is 12.4. The van der Waals surface area contributed by atoms with Crippen LogP contribution in [0.15, 0.2) is 23.6 Å². The van der Waals surface area contributed by atoms with Crippen molar-refractivity contribution in [3.8, 4) is 0 Å². The molecule has 1 unspecified atom stereocenters. The largest absolute Gasteiger partial charge is 0.307 e. The summed E-state index contributed by atoms with van der Waals surface area (Å²) < 4.78 is 0. The number of nitrogens with one attached hydrogen (secondary N) is 1. The second-order valence-electron chi connectivity index (χ2n) is 3.69. The minimum Gasteiger partial charge on any atom is -0.307 e. The van der Waals surface area contributed by atoms with Crippen molar-refractivity contribution < 1.29 is 0 Å². The fourth-order valence-corrected chi connectivity index (χ4v) is 3.00. The van der Waals surface area contributed by atoms with Gasteiger partial charge in [-0.1, -0.05) is 35.3 Å². The zero-order valence-electron chi connectivity index (χ0n) is 9.50. The summed E-state index contributed by atoms with van der Waals surface area (Å²) in [6, 6.07) is 5.63. The number of hydrogen-bond donors (Lipinski definition) is 1. The molecule has 0 amide bonds. The molecule has 0 aliphatic carbocycles. The molecule has 0 saturated heterocycles. The summed E-state index contributed by atoms with van der Waals surface area (Å²) in [6.45, 7) is 1.98. The number of nitrogens with zero attached hydrogens (tertiary/aromatic N) is 1. The number of hydrogen-bond acceptors (Lipinski definition) is 3. The minimum absolute atomic E-state index is 0.0140. The van der Waals surface area contributed by atoms with E-state index in [1.165, 1.54) is 0 Å². The molecule has 5 heteroatoms. The van der Waals surface area contributed by atoms with E-state index in [9.17, 15) is 0 Å². The van der Waals surface area contributed by atoms with Gasteiger partial charge in [0.2, 0.25) is 0 Å². The van der Waals surface area contributed by atoms with Gasteiger partial charge in [0.15, 0.2) is 0 Å². The Balaban J connectivity index is 2.45. The van der Waals surface area contributed by atoms with Crippen molar-refractivity contribution in [3.05, 3.63) is 49.9 Å². The Labute approximate surface area is 115 Å². The maximum Gasteiger partial charge on any atom is 0.114 e. The summed E-state index contributed by atoms with van der Waals surface area (Å²) >= 11 is 13.9. The van der Waals surface area contributed by atoms with Crippen molar-refractivity contribution in [1.29, 1.82) is 0 Å². The molecule has 17 heavy (non-hydrogen) atoms. The summed E-state index contributed by atoms with van der Waals surface area (Å²) in [5.74, 6) is 0. The summed E-state index contributed by atoms with van der Waals surface area (Å²) in [4.78, 5) is 4.48. The Morgan fingerprint density at radius 3 is 2.71 bits per heavy atom. The molecule has 1 N–H and O–H groups in total. The van der Waals surface area contributed by atoms with Crippen LogP contribution in [0.3, 0.4) is 0 Å². The van der Waals surface area contributed by atoms with E-state index in [0.29, 0.717) is 10.0 Å². The van der Waals surface area contributed by atoms with Crippen LogP contribution < -0.4 is 5.32 Å². The number of aryl methyl sites for hydroxylation is 1. The third kappa shape index (κ3) is 2.63. The molecule has 0 aliphatic heterocycles. The van der Waals surface area contributed by atoms with E-state index in [-0.39, 0.29) is 6.04 Å². The first kappa shape index (κ1) is 12.8. The van der Waals surface area contributed by atoms with Crippen LogP contribution >= 0.6 is 34.5 Å². The molecule has 1 heterocycles. The fraction of sp³-hybridized carbons (Fsp3) is 0.250. The van der Waals surface area contributed by atoms with Crippen LogP contribution in [0.2, 0.25) is 10.0 Å². The highest BCUT2D eigenvalue weighted by atomic mass is 35.5. The smallest absolute Gasteiger partial charge is 0.114 e. The van der Waals surface area contributed by atoms with Gasteiger partial charge in [0.25, 0.3) is 0 Å². The van der Waals surface area contributed by atoms with Crippen LogP contribution in [0.5, 0.6) is 0 Å². The van der Waals surface area contributed by atoms with E-state index in [2.05, 4.69) is 10.3 Å². The number of halogens is 2. The SMILES string of the molecule is CNC(c1nc(C)cs1)c1cccc(Cl)c1Cl. The highest BCUT2D eigenvalue weighted by molar-refractivity contribution is 7.09. The third-order valence-corrected chi connectivity index (χ3v) is 4.33. The van der Waals surface area contributed by atoms with Gasteiger partial charge in [0, 0.05) is 11.1 Å². The molecular formula is C12H12Cl2N2S. The van der Waals surface area contributed by atoms with E-state index in [0.717, 1.165) is 16.3 Å². The van der Waals surface area contributed by atoms with Crippen LogP contribution in [-0.4, -0.2) is 12.0 Å². The van der Waals surface area contributed by atoms with Crippen LogP contribution in [0.25, 0.3) is 0 Å². The number of benzene rings is 1. The van der Waals surface area contributed by atoms with Gasteiger partial charge in [-0.15, -0.1) is 11.3 Å². The molecular weight excluding hydrogens is 275 g/mol. The van der Waals surface area contributed by atoms with E-state index < -0.39 is 0 Å². The quantitative estimate of drug-likeness (QED) is 0.920. The molecule has 0 radical (unpaired) electrons. The highest BCUT2D eigenvalue weighted by Crippen LogP contribution is 2.33. The summed E-state index contributed by atoms with van der Waals surface area (Å²) in [5.41, 5.74) is 1.97. The van der Waals surface area contributed by atoms with Gasteiger partial charge in [-0.05, 0) is 25.6 Å². The second-order valence-corrected chi connectivity index (χ2v) is 5.37. The van der Waals surface area contributed by atoms with Crippen molar-refractivity contribution in [2.45, 2.75) is 13.0 Å². The van der Waals surface area contributed by atoms with Crippen molar-refractivity contribution in [1.82, 2.24) is 10.3 Å². The van der Waals surface area contributed by atoms with Crippen LogP contribution in [-0.2, 0) is 0 Å². The topological polar surface area (TPSA) is 24.9 Å². The molecule has 2 rings (SSSR count). The van der Waals surface area contributed by atoms with Gasteiger partial charge in [-0.2, -0.15) is 0 Å². The average molecular weight is 287 g/mol. The lowest BCUT2D eigenvalue weighted by molar-refractivity contribution is 0.685. The third-order valence-electron chi connectivity index (χ3n) is 2.46. The zero-order valence-corrected chi connectivity index (χ0v) is 11.8. The Bertz CT molecular complexity index is 525. The van der Waals surface area contributed by atoms with Gasteiger partial charge in [0.1, 0.15) is 5.01 Å². The highest BCUT2D eigenvalue weighted by Gasteiger charge is 2.19. The first-order valence-corrected chi connectivity index (χ1v) is 6.80. The predicted molar refractivity (Wildman–Crippen MR) is 74.2 cm³/mol. The Hall–Kier alpha value is -0.610. The Kier molecular flexibility index (Phi) is 4.05. The fourth-order valence-electron chi connectivity index (χ4n) is 1.66. The Morgan fingerprint density at radius 2 is 2.12 bits per heavy atom. The van der Waals surface area contributed by atoms with Crippen molar-refractivity contribution in [2.24, 2.45) is 0 Å². The van der Waals surface area contributed by atoms with Crippen LogP contribution in [0, 0.1) is 6.92 Å². The molecule has 2 aromatic rings. The summed E-state index contributed by atoms with van der Waals surface area (Å²) in [7, 11) is 1.89. The lowest BCUT2D eigenvalue weighted by atomic mass is 10.1. The number of thiazole rings is 1. The van der Waals surface area contributed by atoms with E-state index >= 15 is 0 Å². The molecule has 0 aliphatic rings. The van der Waals surface area contributed by atoms with Crippen molar-refractivity contribution in [2.75, 3.05) is 7.05 Å². The molecule has 2 nitrogen and oxygen atoms in total. The van der Waals surface area contributed by atoms with Crippen molar-refractivity contribution >= 4 is 34.5 Å². The molecule has 0 fully saturated rings. The first-order chi connectivity index (χ1) is 8.13. The molecule has 1 aromatic heterocycles. The molecule has 1 atom stereocenters. The average Bonchev–Trinajstić information content (AvgIpc) is 2.72. The molecule has 0 bridgehead atoms. The summed E-state index contributed by atoms with van der Waals surface area (Å²) in [6.07, 6.45) is 0. The number of rotatable bonds is 3. The normalized spacial score (nSPS) is 12.7. The van der Waals surface area contributed by atoms with Crippen LogP contribution in [0.4, 0.5) is 0 Å². The van der Waals surface area contributed by atoms with E-state index in [1.54, 1.807) is 17.4 Å². The molecule has 90 valence electrons. The second kappa shape index (κ2) is 5.36. The maximum atomic E-state index is 6.23. The molecule has 0 saturated carbocycles. The van der Waals surface area contributed by atoms with Gasteiger partial charge >= 0.3 is 0 Å². The lowest BCUT2D eigenvalue weighted by Gasteiger charge is -2.16. The van der Waals surface area contributed by atoms with Crippen LogP contribution in [0.1, 0.15) is 22.3 Å². The van der Waals surface area contributed by atoms with E-state index in [1.807, 2.05) is 31.5 Å². The van der Waals surface area contributed by atoms with Gasteiger partial charge in [-0.25, -0.2) is 4.98 Å². The van der Waals surface area contributed by atoms with E-state index in [4.69, 9.17) is 23.2 Å². The molecule has 1 aromatic carbocycles. The minimum atomic E-state index is -0.0140. The van der Waals surface area contributed by atoms with Gasteiger partial charge in [-0.3, -0.25) is 0 Å². The lowest BCUT2D eigenvalue weighted by Crippen LogP contribution is -2.18.